The molecule has 0 saturated heterocycles. The number of hydrogen-bond acceptors (Lipinski definition) is 4. The SMILES string of the molecule is O=C(NCc1ccccc1F)c1cc(C(=O)NCc2ccccc2F)ncn1. The molecule has 3 aromatic rings. The number of nitrogens with one attached hydrogen (secondary N) is 2. The van der Waals surface area contributed by atoms with Crippen LogP contribution in [0.3, 0.4) is 0 Å². The second-order valence-corrected chi connectivity index (χ2v) is 5.84. The van der Waals surface area contributed by atoms with E-state index in [0.717, 1.165) is 6.33 Å². The Hall–Kier alpha value is -3.68. The average Bonchev–Trinajstić information content (AvgIpc) is 2.72. The third-order valence-corrected chi connectivity index (χ3v) is 3.93. The van der Waals surface area contributed by atoms with Crippen molar-refractivity contribution in [3.05, 3.63) is 95.1 Å². The summed E-state index contributed by atoms with van der Waals surface area (Å²) in [6, 6.07) is 13.3. The Balaban J connectivity index is 1.62. The number of carbonyl (C=O) groups is 2. The van der Waals surface area contributed by atoms with Gasteiger partial charge in [-0.05, 0) is 12.1 Å². The molecule has 8 heteroatoms. The van der Waals surface area contributed by atoms with E-state index in [0.29, 0.717) is 11.1 Å². The minimum atomic E-state index is -0.575. The number of hydrogen-bond donors (Lipinski definition) is 2. The smallest absolute Gasteiger partial charge is 0.270 e. The van der Waals surface area contributed by atoms with E-state index < -0.39 is 23.4 Å². The fraction of sp³-hybridized carbons (Fsp3) is 0.100. The molecule has 2 amide bonds. The van der Waals surface area contributed by atoms with Crippen LogP contribution in [-0.2, 0) is 13.1 Å². The number of aromatic nitrogens is 2. The van der Waals surface area contributed by atoms with Gasteiger partial charge in [0.1, 0.15) is 29.3 Å². The van der Waals surface area contributed by atoms with E-state index in [9.17, 15) is 18.4 Å². The Morgan fingerprint density at radius 1 is 0.750 bits per heavy atom. The van der Waals surface area contributed by atoms with Crippen molar-refractivity contribution in [3.8, 4) is 0 Å². The number of halogens is 2. The van der Waals surface area contributed by atoms with Gasteiger partial charge in [0.05, 0.1) is 0 Å². The Morgan fingerprint density at radius 2 is 1.18 bits per heavy atom. The van der Waals surface area contributed by atoms with Crippen LogP contribution >= 0.6 is 0 Å². The minimum Gasteiger partial charge on any atom is -0.347 e. The highest BCUT2D eigenvalue weighted by Crippen LogP contribution is 2.08. The molecule has 1 heterocycles. The molecule has 0 fully saturated rings. The standard InChI is InChI=1S/C20H16F2N4O2/c21-15-7-3-1-5-13(15)10-23-19(27)17-9-18(26-12-25-17)20(28)24-11-14-6-2-4-8-16(14)22/h1-9,12H,10-11H2,(H,23,27)(H,24,28). The van der Waals surface area contributed by atoms with E-state index in [4.69, 9.17) is 0 Å². The quantitative estimate of drug-likeness (QED) is 0.687. The summed E-state index contributed by atoms with van der Waals surface area (Å²) in [6.07, 6.45) is 1.08. The predicted octanol–water partition coefficient (Wildman–Crippen LogP) is 2.61. The lowest BCUT2D eigenvalue weighted by atomic mass is 10.2. The summed E-state index contributed by atoms with van der Waals surface area (Å²) in [5.41, 5.74) is 0.574. The highest BCUT2D eigenvalue weighted by Gasteiger charge is 2.14. The van der Waals surface area contributed by atoms with Gasteiger partial charge in [-0.25, -0.2) is 18.7 Å². The fourth-order valence-corrected chi connectivity index (χ4v) is 2.42. The molecule has 28 heavy (non-hydrogen) atoms. The molecule has 0 radical (unpaired) electrons. The van der Waals surface area contributed by atoms with E-state index in [1.165, 1.54) is 18.2 Å². The third kappa shape index (κ3) is 4.73. The van der Waals surface area contributed by atoms with E-state index in [1.54, 1.807) is 36.4 Å². The van der Waals surface area contributed by atoms with Crippen molar-refractivity contribution in [2.75, 3.05) is 0 Å². The van der Waals surface area contributed by atoms with E-state index >= 15 is 0 Å². The lowest BCUT2D eigenvalue weighted by molar-refractivity contribution is 0.0944. The Morgan fingerprint density at radius 3 is 1.61 bits per heavy atom. The number of nitrogens with zero attached hydrogens (tertiary/aromatic N) is 2. The number of benzene rings is 2. The molecule has 1 aromatic heterocycles. The third-order valence-electron chi connectivity index (χ3n) is 3.93. The van der Waals surface area contributed by atoms with Gasteiger partial charge in [0, 0.05) is 30.3 Å². The largest absolute Gasteiger partial charge is 0.347 e. The molecule has 0 atom stereocenters. The van der Waals surface area contributed by atoms with Crippen molar-refractivity contribution in [2.24, 2.45) is 0 Å². The van der Waals surface area contributed by atoms with Crippen LogP contribution < -0.4 is 10.6 Å². The summed E-state index contributed by atoms with van der Waals surface area (Å²) in [5, 5.41) is 5.07. The Labute approximate surface area is 159 Å². The van der Waals surface area contributed by atoms with Crippen molar-refractivity contribution in [1.29, 1.82) is 0 Å². The van der Waals surface area contributed by atoms with Crippen LogP contribution in [0.25, 0.3) is 0 Å². The molecule has 142 valence electrons. The van der Waals surface area contributed by atoms with Gasteiger partial charge in [-0.3, -0.25) is 9.59 Å². The number of carbonyl (C=O) groups excluding carboxylic acids is 2. The molecule has 2 N–H and O–H groups in total. The zero-order valence-electron chi connectivity index (χ0n) is 14.7. The first-order valence-electron chi connectivity index (χ1n) is 8.40. The molecule has 0 saturated carbocycles. The first kappa shape index (κ1) is 19.1. The van der Waals surface area contributed by atoms with Crippen molar-refractivity contribution in [1.82, 2.24) is 20.6 Å². The summed E-state index contributed by atoms with van der Waals surface area (Å²) < 4.78 is 27.2. The molecular formula is C20H16F2N4O2. The molecule has 0 spiro atoms. The van der Waals surface area contributed by atoms with Gasteiger partial charge in [-0.15, -0.1) is 0 Å². The summed E-state index contributed by atoms with van der Waals surface area (Å²) in [4.78, 5) is 32.1. The first-order valence-corrected chi connectivity index (χ1v) is 8.40. The van der Waals surface area contributed by atoms with Crippen LogP contribution in [0.5, 0.6) is 0 Å². The molecule has 0 aliphatic carbocycles. The topological polar surface area (TPSA) is 84.0 Å². The van der Waals surface area contributed by atoms with Crippen LogP contribution in [0.15, 0.2) is 60.9 Å². The van der Waals surface area contributed by atoms with Gasteiger partial charge in [0.15, 0.2) is 0 Å². The highest BCUT2D eigenvalue weighted by atomic mass is 19.1. The predicted molar refractivity (Wildman–Crippen MR) is 97.2 cm³/mol. The molecule has 6 nitrogen and oxygen atoms in total. The van der Waals surface area contributed by atoms with Gasteiger partial charge in [-0.1, -0.05) is 36.4 Å². The lowest BCUT2D eigenvalue weighted by Gasteiger charge is -2.08. The van der Waals surface area contributed by atoms with Crippen molar-refractivity contribution < 1.29 is 18.4 Å². The van der Waals surface area contributed by atoms with Crippen LogP contribution in [0.4, 0.5) is 8.78 Å². The molecular weight excluding hydrogens is 366 g/mol. The van der Waals surface area contributed by atoms with Crippen molar-refractivity contribution in [2.45, 2.75) is 13.1 Å². The second kappa shape index (κ2) is 8.81. The maximum atomic E-state index is 13.6. The van der Waals surface area contributed by atoms with Gasteiger partial charge in [0.2, 0.25) is 0 Å². The second-order valence-electron chi connectivity index (χ2n) is 5.84. The minimum absolute atomic E-state index is 0.0235. The zero-order valence-corrected chi connectivity index (χ0v) is 14.7. The fourth-order valence-electron chi connectivity index (χ4n) is 2.42. The van der Waals surface area contributed by atoms with Crippen LogP contribution in [0, 0.1) is 11.6 Å². The van der Waals surface area contributed by atoms with Crippen LogP contribution in [0.1, 0.15) is 32.1 Å². The van der Waals surface area contributed by atoms with E-state index in [-0.39, 0.29) is 24.5 Å². The Kier molecular flexibility index (Phi) is 6.01. The molecule has 3 rings (SSSR count). The number of rotatable bonds is 6. The lowest BCUT2D eigenvalue weighted by Crippen LogP contribution is -2.27. The summed E-state index contributed by atoms with van der Waals surface area (Å²) >= 11 is 0. The van der Waals surface area contributed by atoms with Gasteiger partial charge in [-0.2, -0.15) is 0 Å². The first-order chi connectivity index (χ1) is 13.5. The Bertz CT molecular complexity index is 934. The van der Waals surface area contributed by atoms with Crippen molar-refractivity contribution in [3.63, 3.8) is 0 Å². The summed E-state index contributed by atoms with van der Waals surface area (Å²) in [6.45, 7) is -0.0470. The van der Waals surface area contributed by atoms with Gasteiger partial charge >= 0.3 is 0 Å². The van der Waals surface area contributed by atoms with Crippen molar-refractivity contribution >= 4 is 11.8 Å². The normalized spacial score (nSPS) is 10.4. The van der Waals surface area contributed by atoms with Gasteiger partial charge < -0.3 is 10.6 Å². The van der Waals surface area contributed by atoms with Crippen LogP contribution in [-0.4, -0.2) is 21.8 Å². The maximum Gasteiger partial charge on any atom is 0.270 e. The molecule has 0 bridgehead atoms. The summed E-state index contributed by atoms with van der Waals surface area (Å²) in [5.74, 6) is -2.01. The highest BCUT2D eigenvalue weighted by molar-refractivity contribution is 5.97. The van der Waals surface area contributed by atoms with Gasteiger partial charge in [0.25, 0.3) is 11.8 Å². The molecule has 0 unspecified atom stereocenters. The van der Waals surface area contributed by atoms with E-state index in [1.807, 2.05) is 0 Å². The van der Waals surface area contributed by atoms with Crippen LogP contribution in [0.2, 0.25) is 0 Å². The van der Waals surface area contributed by atoms with E-state index in [2.05, 4.69) is 20.6 Å². The average molecular weight is 382 g/mol. The zero-order chi connectivity index (χ0) is 19.9. The number of amides is 2. The molecule has 0 aliphatic heterocycles. The monoisotopic (exact) mass is 382 g/mol. The maximum absolute atomic E-state index is 13.6. The molecule has 0 aliphatic rings. The molecule has 2 aromatic carbocycles. The summed E-state index contributed by atoms with van der Waals surface area (Å²) in [7, 11) is 0.